The van der Waals surface area contributed by atoms with Crippen LogP contribution in [-0.4, -0.2) is 43.7 Å². The first-order chi connectivity index (χ1) is 13.2. The van der Waals surface area contributed by atoms with Gasteiger partial charge in [0.25, 0.3) is 0 Å². The van der Waals surface area contributed by atoms with Crippen LogP contribution in [0.1, 0.15) is 30.0 Å². The van der Waals surface area contributed by atoms with E-state index < -0.39 is 5.54 Å². The first kappa shape index (κ1) is 16.6. The van der Waals surface area contributed by atoms with Gasteiger partial charge in [-0.1, -0.05) is 48.5 Å². The molecule has 0 amide bonds. The molecule has 27 heavy (non-hydrogen) atoms. The van der Waals surface area contributed by atoms with E-state index in [0.717, 1.165) is 31.5 Å². The number of nitrogens with zero attached hydrogens (tertiary/aromatic N) is 2. The Kier molecular flexibility index (Phi) is 3.66. The number of carbonyl (C=O) groups excluding carboxylic acids is 1. The van der Waals surface area contributed by atoms with Crippen molar-refractivity contribution in [1.29, 1.82) is 0 Å². The summed E-state index contributed by atoms with van der Waals surface area (Å²) < 4.78 is 5.38. The number of fused-ring (bicyclic) bond motifs is 5. The zero-order valence-electron chi connectivity index (χ0n) is 15.8. The van der Waals surface area contributed by atoms with E-state index in [9.17, 15) is 4.79 Å². The average molecular weight is 360 g/mol. The molecular formula is C23H24N2O2. The van der Waals surface area contributed by atoms with Crippen LogP contribution < -0.4 is 4.90 Å². The van der Waals surface area contributed by atoms with Gasteiger partial charge in [0.05, 0.1) is 13.2 Å². The van der Waals surface area contributed by atoms with Gasteiger partial charge >= 0.3 is 5.97 Å². The van der Waals surface area contributed by atoms with Crippen molar-refractivity contribution in [3.63, 3.8) is 0 Å². The third-order valence-electron chi connectivity index (χ3n) is 6.44. The first-order valence-corrected chi connectivity index (χ1v) is 9.62. The Morgan fingerprint density at radius 1 is 1.11 bits per heavy atom. The van der Waals surface area contributed by atoms with Crippen molar-refractivity contribution >= 4 is 17.2 Å². The highest BCUT2D eigenvalue weighted by Crippen LogP contribution is 2.58. The molecule has 0 N–H and O–H groups in total. The Labute approximate surface area is 160 Å². The van der Waals surface area contributed by atoms with Gasteiger partial charge in [-0.25, -0.2) is 4.79 Å². The molecule has 0 bridgehead atoms. The standard InChI is InChI=1S/C23H24N2O2/c1-24-15-18-20(16-9-4-3-5-10-16)23(22(26)27-2)13-8-14-25(23)21(18)17-11-6-7-12-19(17)24/h3-7,9-12,21H,8,13-15H2,1-2H3/t21-,23+/m1/s1. The van der Waals surface area contributed by atoms with Crippen molar-refractivity contribution < 1.29 is 9.53 Å². The summed E-state index contributed by atoms with van der Waals surface area (Å²) in [5.41, 5.74) is 5.52. The third kappa shape index (κ3) is 2.10. The van der Waals surface area contributed by atoms with Gasteiger partial charge in [-0.15, -0.1) is 0 Å². The lowest BCUT2D eigenvalue weighted by Crippen LogP contribution is -2.49. The normalized spacial score (nSPS) is 26.6. The lowest BCUT2D eigenvalue weighted by molar-refractivity contribution is -0.149. The number of anilines is 1. The monoisotopic (exact) mass is 360 g/mol. The molecule has 2 aromatic rings. The van der Waals surface area contributed by atoms with Crippen LogP contribution in [0.15, 0.2) is 60.2 Å². The maximum absolute atomic E-state index is 13.2. The number of likely N-dealkylation sites (N-methyl/N-ethyl adjacent to an activating group) is 1. The summed E-state index contributed by atoms with van der Waals surface area (Å²) in [6, 6.07) is 19.1. The highest BCUT2D eigenvalue weighted by molar-refractivity contribution is 6.02. The van der Waals surface area contributed by atoms with Gasteiger partial charge in [0.2, 0.25) is 0 Å². The number of rotatable bonds is 2. The van der Waals surface area contributed by atoms with Crippen molar-refractivity contribution in [3.8, 4) is 0 Å². The third-order valence-corrected chi connectivity index (χ3v) is 6.44. The lowest BCUT2D eigenvalue weighted by Gasteiger charge is -2.39. The summed E-state index contributed by atoms with van der Waals surface area (Å²) in [4.78, 5) is 17.9. The van der Waals surface area contributed by atoms with E-state index in [1.807, 2.05) is 6.07 Å². The Morgan fingerprint density at radius 3 is 2.63 bits per heavy atom. The minimum atomic E-state index is -0.672. The van der Waals surface area contributed by atoms with Crippen LogP contribution in [0.3, 0.4) is 0 Å². The second-order valence-electron chi connectivity index (χ2n) is 7.73. The molecule has 0 spiro atoms. The number of methoxy groups -OCH3 is 1. The number of hydrogen-bond donors (Lipinski definition) is 0. The molecule has 0 aliphatic carbocycles. The summed E-state index contributed by atoms with van der Waals surface area (Å²) in [6.45, 7) is 1.75. The van der Waals surface area contributed by atoms with Crippen LogP contribution in [0.4, 0.5) is 5.69 Å². The van der Waals surface area contributed by atoms with Crippen molar-refractivity contribution in [1.82, 2.24) is 4.90 Å². The van der Waals surface area contributed by atoms with Crippen molar-refractivity contribution in [2.24, 2.45) is 0 Å². The Balaban J connectivity index is 1.81. The fourth-order valence-electron chi connectivity index (χ4n) is 5.50. The zero-order chi connectivity index (χ0) is 18.6. The van der Waals surface area contributed by atoms with Gasteiger partial charge in [-0.05, 0) is 41.2 Å². The Hall–Kier alpha value is -2.59. The summed E-state index contributed by atoms with van der Waals surface area (Å²) in [6.07, 6.45) is 1.82. The topological polar surface area (TPSA) is 32.8 Å². The molecule has 4 heteroatoms. The lowest BCUT2D eigenvalue weighted by atomic mass is 9.81. The van der Waals surface area contributed by atoms with Gasteiger partial charge in [0.15, 0.2) is 0 Å². The van der Waals surface area contributed by atoms with Crippen molar-refractivity contribution in [3.05, 3.63) is 71.3 Å². The Morgan fingerprint density at radius 2 is 1.85 bits per heavy atom. The molecule has 2 atom stereocenters. The predicted molar refractivity (Wildman–Crippen MR) is 107 cm³/mol. The molecule has 1 saturated heterocycles. The molecule has 1 fully saturated rings. The summed E-state index contributed by atoms with van der Waals surface area (Å²) in [5, 5.41) is 0. The molecule has 3 heterocycles. The number of ether oxygens (including phenoxy) is 1. The molecule has 4 nitrogen and oxygen atoms in total. The largest absolute Gasteiger partial charge is 0.467 e. The quantitative estimate of drug-likeness (QED) is 0.766. The van der Waals surface area contributed by atoms with Crippen LogP contribution in [0.25, 0.3) is 5.57 Å². The summed E-state index contributed by atoms with van der Waals surface area (Å²) >= 11 is 0. The van der Waals surface area contributed by atoms with Crippen LogP contribution >= 0.6 is 0 Å². The van der Waals surface area contributed by atoms with Gasteiger partial charge in [-0.2, -0.15) is 0 Å². The maximum atomic E-state index is 13.2. The molecule has 3 aliphatic heterocycles. The van der Waals surface area contributed by atoms with Crippen molar-refractivity contribution in [2.45, 2.75) is 24.4 Å². The van der Waals surface area contributed by atoms with E-state index in [0.29, 0.717) is 0 Å². The molecule has 3 aliphatic rings. The van der Waals surface area contributed by atoms with E-state index in [1.54, 1.807) is 0 Å². The smallest absolute Gasteiger partial charge is 0.331 e. The summed E-state index contributed by atoms with van der Waals surface area (Å²) in [5.74, 6) is -0.124. The highest BCUT2D eigenvalue weighted by atomic mass is 16.5. The molecule has 0 unspecified atom stereocenters. The minimum Gasteiger partial charge on any atom is -0.467 e. The number of carbonyl (C=O) groups is 1. The fourth-order valence-corrected chi connectivity index (χ4v) is 5.50. The van der Waals surface area contributed by atoms with Crippen LogP contribution in [0.5, 0.6) is 0 Å². The average Bonchev–Trinajstić information content (AvgIpc) is 3.24. The van der Waals surface area contributed by atoms with Crippen LogP contribution in [0, 0.1) is 0 Å². The van der Waals surface area contributed by atoms with Crippen LogP contribution in [-0.2, 0) is 9.53 Å². The number of para-hydroxylation sites is 1. The highest BCUT2D eigenvalue weighted by Gasteiger charge is 2.61. The molecule has 0 saturated carbocycles. The SMILES string of the molecule is COC(=O)[C@@]12CCCN1[C@H]1C(=C2c2ccccc2)CN(C)c2ccccc21. The van der Waals surface area contributed by atoms with Gasteiger partial charge < -0.3 is 9.64 Å². The predicted octanol–water partition coefficient (Wildman–Crippen LogP) is 3.65. The molecule has 0 aromatic heterocycles. The van der Waals surface area contributed by atoms with Gasteiger partial charge in [0, 0.05) is 25.8 Å². The number of benzene rings is 2. The molecule has 2 aromatic carbocycles. The molecule has 138 valence electrons. The van der Waals surface area contributed by atoms with Gasteiger partial charge in [-0.3, -0.25) is 4.90 Å². The van der Waals surface area contributed by atoms with E-state index in [2.05, 4.69) is 65.4 Å². The number of hydrogen-bond acceptors (Lipinski definition) is 4. The summed E-state index contributed by atoms with van der Waals surface area (Å²) in [7, 11) is 3.65. The first-order valence-electron chi connectivity index (χ1n) is 9.62. The van der Waals surface area contributed by atoms with Crippen molar-refractivity contribution in [2.75, 3.05) is 32.1 Å². The molecule has 0 radical (unpaired) electrons. The fraction of sp³-hybridized carbons (Fsp3) is 0.348. The second-order valence-corrected chi connectivity index (χ2v) is 7.73. The molecule has 5 rings (SSSR count). The minimum absolute atomic E-state index is 0.124. The second kappa shape index (κ2) is 5.96. The molecular weight excluding hydrogens is 336 g/mol. The Bertz CT molecular complexity index is 936. The number of esters is 1. The van der Waals surface area contributed by atoms with Gasteiger partial charge in [0.1, 0.15) is 5.54 Å². The van der Waals surface area contributed by atoms with E-state index in [-0.39, 0.29) is 12.0 Å². The van der Waals surface area contributed by atoms with E-state index >= 15 is 0 Å². The van der Waals surface area contributed by atoms with E-state index in [4.69, 9.17) is 4.74 Å². The van der Waals surface area contributed by atoms with E-state index in [1.165, 1.54) is 29.5 Å². The van der Waals surface area contributed by atoms with Crippen LogP contribution in [0.2, 0.25) is 0 Å². The zero-order valence-corrected chi connectivity index (χ0v) is 15.8. The maximum Gasteiger partial charge on any atom is 0.331 e.